The molecular weight excluding hydrogens is 296 g/mol. The number of aliphatic hydroxyl groups excluding tert-OH is 1. The third-order valence-electron chi connectivity index (χ3n) is 4.59. The largest absolute Gasteiger partial charge is 0.396 e. The van der Waals surface area contributed by atoms with Gasteiger partial charge in [-0.05, 0) is 44.6 Å². The van der Waals surface area contributed by atoms with Crippen LogP contribution in [-0.4, -0.2) is 60.1 Å². The molecule has 0 unspecified atom stereocenters. The fraction of sp³-hybridized carbons (Fsp3) is 0.812. The van der Waals surface area contributed by atoms with Gasteiger partial charge in [0.2, 0.25) is 11.8 Å². The quantitative estimate of drug-likeness (QED) is 0.561. The number of likely N-dealkylation sites (tertiary alicyclic amines) is 1. The maximum atomic E-state index is 12.5. The van der Waals surface area contributed by atoms with Crippen LogP contribution in [0.15, 0.2) is 0 Å². The van der Waals surface area contributed by atoms with E-state index in [-0.39, 0.29) is 36.4 Å². The summed E-state index contributed by atoms with van der Waals surface area (Å²) in [6, 6.07) is 1.63. The second-order valence-corrected chi connectivity index (χ2v) is 6.37. The lowest BCUT2D eigenvalue weighted by molar-refractivity contribution is -0.133. The Morgan fingerprint density at radius 3 is 2.96 bits per heavy atom. The summed E-state index contributed by atoms with van der Waals surface area (Å²) in [6.45, 7) is 2.04. The highest BCUT2D eigenvalue weighted by molar-refractivity contribution is 5.83. The number of nitriles is 1. The predicted molar refractivity (Wildman–Crippen MR) is 84.2 cm³/mol. The van der Waals surface area contributed by atoms with Gasteiger partial charge in [0.1, 0.15) is 6.04 Å². The molecule has 0 aromatic heterocycles. The van der Waals surface area contributed by atoms with Crippen LogP contribution < -0.4 is 10.6 Å². The van der Waals surface area contributed by atoms with Gasteiger partial charge in [-0.25, -0.2) is 0 Å². The Balaban J connectivity index is 1.72. The molecule has 2 fully saturated rings. The molecule has 2 heterocycles. The fourth-order valence-electron chi connectivity index (χ4n) is 3.32. The zero-order valence-electron chi connectivity index (χ0n) is 13.5. The summed E-state index contributed by atoms with van der Waals surface area (Å²) in [4.78, 5) is 26.0. The van der Waals surface area contributed by atoms with Gasteiger partial charge >= 0.3 is 0 Å². The van der Waals surface area contributed by atoms with Gasteiger partial charge in [-0.3, -0.25) is 9.59 Å². The van der Waals surface area contributed by atoms with Crippen molar-refractivity contribution < 1.29 is 14.7 Å². The minimum Gasteiger partial charge on any atom is -0.396 e. The highest BCUT2D eigenvalue weighted by atomic mass is 16.3. The van der Waals surface area contributed by atoms with Crippen molar-refractivity contribution in [1.29, 1.82) is 5.26 Å². The highest BCUT2D eigenvalue weighted by Gasteiger charge is 2.37. The summed E-state index contributed by atoms with van der Waals surface area (Å²) < 4.78 is 0. The predicted octanol–water partition coefficient (Wildman–Crippen LogP) is -0.242. The molecule has 0 aromatic rings. The molecule has 7 heteroatoms. The number of hydrogen-bond donors (Lipinski definition) is 3. The van der Waals surface area contributed by atoms with Gasteiger partial charge in [-0.1, -0.05) is 0 Å². The van der Waals surface area contributed by atoms with Crippen LogP contribution in [0.3, 0.4) is 0 Å². The van der Waals surface area contributed by atoms with E-state index in [1.165, 1.54) is 0 Å². The molecule has 7 nitrogen and oxygen atoms in total. The second-order valence-electron chi connectivity index (χ2n) is 6.37. The first kappa shape index (κ1) is 17.7. The minimum atomic E-state index is -0.293. The standard InChI is InChI=1S/C16H26N4O3/c17-10-13-4-3-6-20(13)16(23)14-8-12(11-19-14)9-15(22)18-5-1-2-7-21/h12-14,19,21H,1-9,11H2,(H,18,22)/t12-,13+,14+/m1/s1. The van der Waals surface area contributed by atoms with Gasteiger partial charge in [0.05, 0.1) is 12.1 Å². The monoisotopic (exact) mass is 322 g/mol. The van der Waals surface area contributed by atoms with Gasteiger partial charge < -0.3 is 20.6 Å². The zero-order valence-corrected chi connectivity index (χ0v) is 13.5. The second kappa shape index (κ2) is 8.85. The lowest BCUT2D eigenvalue weighted by Gasteiger charge is -2.23. The molecule has 2 aliphatic rings. The Kier molecular flexibility index (Phi) is 6.81. The minimum absolute atomic E-state index is 0.0000889. The van der Waals surface area contributed by atoms with Crippen LogP contribution in [0, 0.1) is 17.2 Å². The van der Waals surface area contributed by atoms with Crippen LogP contribution in [0.4, 0.5) is 0 Å². The summed E-state index contributed by atoms with van der Waals surface area (Å²) in [6.07, 6.45) is 4.18. The van der Waals surface area contributed by atoms with Crippen molar-refractivity contribution >= 4 is 11.8 Å². The van der Waals surface area contributed by atoms with Crippen LogP contribution in [-0.2, 0) is 9.59 Å². The lowest BCUT2D eigenvalue weighted by atomic mass is 10.0. The fourth-order valence-corrected chi connectivity index (χ4v) is 3.32. The normalized spacial score (nSPS) is 27.0. The number of nitrogens with zero attached hydrogens (tertiary/aromatic N) is 2. The molecule has 128 valence electrons. The molecule has 0 saturated carbocycles. The third-order valence-corrected chi connectivity index (χ3v) is 4.59. The molecular formula is C16H26N4O3. The van der Waals surface area contributed by atoms with Gasteiger partial charge in [-0.15, -0.1) is 0 Å². The van der Waals surface area contributed by atoms with E-state index < -0.39 is 0 Å². The van der Waals surface area contributed by atoms with Crippen molar-refractivity contribution in [3.05, 3.63) is 0 Å². The molecule has 0 aliphatic carbocycles. The Morgan fingerprint density at radius 2 is 2.22 bits per heavy atom. The molecule has 2 saturated heterocycles. The van der Waals surface area contributed by atoms with Crippen LogP contribution in [0.25, 0.3) is 0 Å². The van der Waals surface area contributed by atoms with Crippen molar-refractivity contribution in [2.45, 2.75) is 50.6 Å². The van der Waals surface area contributed by atoms with E-state index >= 15 is 0 Å². The average Bonchev–Trinajstić information content (AvgIpc) is 3.19. The van der Waals surface area contributed by atoms with E-state index in [4.69, 9.17) is 10.4 Å². The number of unbranched alkanes of at least 4 members (excludes halogenated alkanes) is 1. The molecule has 0 bridgehead atoms. The molecule has 0 aromatic carbocycles. The number of hydrogen-bond acceptors (Lipinski definition) is 5. The number of aliphatic hydroxyl groups is 1. The Labute approximate surface area is 137 Å². The van der Waals surface area contributed by atoms with Crippen molar-refractivity contribution in [3.63, 3.8) is 0 Å². The van der Waals surface area contributed by atoms with Crippen LogP contribution in [0.2, 0.25) is 0 Å². The number of nitrogens with one attached hydrogen (secondary N) is 2. The van der Waals surface area contributed by atoms with Crippen molar-refractivity contribution in [3.8, 4) is 6.07 Å². The third kappa shape index (κ3) is 4.91. The molecule has 2 aliphatic heterocycles. The summed E-state index contributed by atoms with van der Waals surface area (Å²) in [5, 5.41) is 23.8. The van der Waals surface area contributed by atoms with Crippen LogP contribution in [0.5, 0.6) is 0 Å². The molecule has 3 N–H and O–H groups in total. The summed E-state index contributed by atoms with van der Waals surface area (Å²) in [5.74, 6) is 0.156. The molecule has 2 amide bonds. The summed E-state index contributed by atoms with van der Waals surface area (Å²) >= 11 is 0. The Hall–Kier alpha value is -1.65. The van der Waals surface area contributed by atoms with Crippen LogP contribution in [0.1, 0.15) is 38.5 Å². The SMILES string of the molecule is N#C[C@@H]1CCCN1C(=O)[C@@H]1C[C@H](CC(=O)NCCCCO)CN1. The van der Waals surface area contributed by atoms with E-state index in [1.54, 1.807) is 4.90 Å². The molecule has 0 radical (unpaired) electrons. The van der Waals surface area contributed by atoms with Crippen molar-refractivity contribution in [1.82, 2.24) is 15.5 Å². The average molecular weight is 322 g/mol. The highest BCUT2D eigenvalue weighted by Crippen LogP contribution is 2.23. The maximum Gasteiger partial charge on any atom is 0.240 e. The smallest absolute Gasteiger partial charge is 0.240 e. The number of amides is 2. The van der Waals surface area contributed by atoms with Crippen LogP contribution >= 0.6 is 0 Å². The molecule has 3 atom stereocenters. The van der Waals surface area contributed by atoms with Gasteiger partial charge in [0, 0.05) is 26.1 Å². The number of carbonyl (C=O) groups excluding carboxylic acids is 2. The first-order chi connectivity index (χ1) is 11.2. The molecule has 23 heavy (non-hydrogen) atoms. The van der Waals surface area contributed by atoms with Gasteiger partial charge in [0.15, 0.2) is 0 Å². The molecule has 2 rings (SSSR count). The Bertz CT molecular complexity index is 463. The topological polar surface area (TPSA) is 105 Å². The van der Waals surface area contributed by atoms with E-state index in [1.807, 2.05) is 0 Å². The van der Waals surface area contributed by atoms with Gasteiger partial charge in [-0.2, -0.15) is 5.26 Å². The van der Waals surface area contributed by atoms with E-state index in [0.29, 0.717) is 38.9 Å². The Morgan fingerprint density at radius 1 is 1.39 bits per heavy atom. The first-order valence-electron chi connectivity index (χ1n) is 8.46. The van der Waals surface area contributed by atoms with E-state index in [2.05, 4.69) is 16.7 Å². The first-order valence-corrected chi connectivity index (χ1v) is 8.46. The maximum absolute atomic E-state index is 12.5. The van der Waals surface area contributed by atoms with Gasteiger partial charge in [0.25, 0.3) is 0 Å². The lowest BCUT2D eigenvalue weighted by Crippen LogP contribution is -2.45. The van der Waals surface area contributed by atoms with Crippen molar-refractivity contribution in [2.75, 3.05) is 26.2 Å². The molecule has 0 spiro atoms. The number of carbonyl (C=O) groups is 2. The summed E-state index contributed by atoms with van der Waals surface area (Å²) in [5.41, 5.74) is 0. The van der Waals surface area contributed by atoms with E-state index in [0.717, 1.165) is 19.3 Å². The number of rotatable bonds is 7. The van der Waals surface area contributed by atoms with Crippen molar-refractivity contribution in [2.24, 2.45) is 5.92 Å². The summed E-state index contributed by atoms with van der Waals surface area (Å²) in [7, 11) is 0. The zero-order chi connectivity index (χ0) is 16.7. The van der Waals surface area contributed by atoms with E-state index in [9.17, 15) is 9.59 Å².